The van der Waals surface area contributed by atoms with Crippen LogP contribution < -0.4 is 5.32 Å². The molecule has 3 nitrogen and oxygen atoms in total. The zero-order valence-electron chi connectivity index (χ0n) is 15.7. The Labute approximate surface area is 172 Å². The molecule has 0 aromatic heterocycles. The number of thiocarbonyl (C=S) groups is 1. The van der Waals surface area contributed by atoms with Crippen molar-refractivity contribution in [2.24, 2.45) is 0 Å². The first-order valence-corrected chi connectivity index (χ1v) is 10.5. The van der Waals surface area contributed by atoms with E-state index in [2.05, 4.69) is 52.5 Å². The average Bonchev–Trinajstić information content (AvgIpc) is 2.69. The highest BCUT2D eigenvalue weighted by atomic mass is 35.5. The van der Waals surface area contributed by atoms with Gasteiger partial charge in [-0.3, -0.25) is 0 Å². The number of piperazine rings is 1. The normalized spacial score (nSPS) is 23.7. The Bertz CT molecular complexity index is 817. The van der Waals surface area contributed by atoms with Crippen LogP contribution in [0.3, 0.4) is 0 Å². The summed E-state index contributed by atoms with van der Waals surface area (Å²) in [6.07, 6.45) is 1.06. The molecule has 0 bridgehead atoms. The molecule has 2 aliphatic rings. The number of nitrogens with one attached hydrogen (secondary N) is 1. The molecule has 2 unspecified atom stereocenters. The third kappa shape index (κ3) is 4.04. The quantitative estimate of drug-likeness (QED) is 0.780. The van der Waals surface area contributed by atoms with Gasteiger partial charge in [-0.2, -0.15) is 0 Å². The minimum atomic E-state index is 0.0299. The van der Waals surface area contributed by atoms with Crippen molar-refractivity contribution >= 4 is 28.8 Å². The fourth-order valence-corrected chi connectivity index (χ4v) is 4.78. The smallest absolute Gasteiger partial charge is 0.0837 e. The summed E-state index contributed by atoms with van der Waals surface area (Å²) in [6, 6.07) is 16.7. The third-order valence-corrected chi connectivity index (χ3v) is 6.58. The molecule has 27 heavy (non-hydrogen) atoms. The number of hydrogen-bond donors (Lipinski definition) is 1. The van der Waals surface area contributed by atoms with E-state index in [1.807, 2.05) is 18.2 Å². The van der Waals surface area contributed by atoms with Crippen LogP contribution in [0.25, 0.3) is 0 Å². The van der Waals surface area contributed by atoms with E-state index < -0.39 is 0 Å². The SMILES string of the molecule is CN1CCN(CCC2C(=S)NC(c3ccccc3Cl)c3ccccc32)CC1. The van der Waals surface area contributed by atoms with Gasteiger partial charge in [-0.15, -0.1) is 0 Å². The highest BCUT2D eigenvalue weighted by molar-refractivity contribution is 7.80. The summed E-state index contributed by atoms with van der Waals surface area (Å²) in [5, 5.41) is 4.38. The Balaban J connectivity index is 1.56. The Morgan fingerprint density at radius 2 is 1.59 bits per heavy atom. The minimum Gasteiger partial charge on any atom is -0.368 e. The monoisotopic (exact) mass is 399 g/mol. The molecule has 5 heteroatoms. The number of rotatable bonds is 4. The van der Waals surface area contributed by atoms with E-state index in [0.717, 1.165) is 54.7 Å². The van der Waals surface area contributed by atoms with Crippen LogP contribution in [-0.2, 0) is 0 Å². The second kappa shape index (κ2) is 8.27. The summed E-state index contributed by atoms with van der Waals surface area (Å²) >= 11 is 12.3. The average molecular weight is 400 g/mol. The number of halogens is 1. The number of fused-ring (bicyclic) bond motifs is 1. The summed E-state index contributed by atoms with van der Waals surface area (Å²) in [6.45, 7) is 5.68. The predicted molar refractivity (Wildman–Crippen MR) is 117 cm³/mol. The van der Waals surface area contributed by atoms with E-state index in [1.165, 1.54) is 11.1 Å². The van der Waals surface area contributed by atoms with Gasteiger partial charge < -0.3 is 15.1 Å². The molecule has 0 amide bonds. The first-order chi connectivity index (χ1) is 13.1. The van der Waals surface area contributed by atoms with Gasteiger partial charge in [0.05, 0.1) is 11.0 Å². The molecule has 0 saturated carbocycles. The van der Waals surface area contributed by atoms with Crippen LogP contribution >= 0.6 is 23.8 Å². The molecule has 2 heterocycles. The topological polar surface area (TPSA) is 18.5 Å². The standard InChI is InChI=1S/C22H26ClN3S/c1-25-12-14-26(15-13-25)11-10-18-16-6-2-3-7-17(16)21(24-22(18)27)19-8-4-5-9-20(19)23/h2-9,18,21H,10-15H2,1H3,(H,24,27). The molecular formula is C22H26ClN3S. The summed E-state index contributed by atoms with van der Waals surface area (Å²) in [7, 11) is 2.20. The maximum absolute atomic E-state index is 6.49. The van der Waals surface area contributed by atoms with Crippen molar-refractivity contribution in [1.82, 2.24) is 15.1 Å². The van der Waals surface area contributed by atoms with Crippen LogP contribution in [0.2, 0.25) is 5.02 Å². The number of likely N-dealkylation sites (N-methyl/N-ethyl adjacent to an activating group) is 1. The zero-order valence-corrected chi connectivity index (χ0v) is 17.3. The summed E-state index contributed by atoms with van der Waals surface area (Å²) in [5.41, 5.74) is 3.73. The molecule has 1 saturated heterocycles. The van der Waals surface area contributed by atoms with E-state index in [1.54, 1.807) is 0 Å². The highest BCUT2D eigenvalue weighted by Gasteiger charge is 2.32. The van der Waals surface area contributed by atoms with Crippen LogP contribution in [0.15, 0.2) is 48.5 Å². The molecule has 1 fully saturated rings. The van der Waals surface area contributed by atoms with Crippen LogP contribution in [0.4, 0.5) is 0 Å². The number of benzene rings is 2. The van der Waals surface area contributed by atoms with Gasteiger partial charge in [0.25, 0.3) is 0 Å². The molecule has 0 spiro atoms. The molecule has 142 valence electrons. The van der Waals surface area contributed by atoms with E-state index in [0.29, 0.717) is 0 Å². The van der Waals surface area contributed by atoms with Gasteiger partial charge in [0.1, 0.15) is 0 Å². The fraction of sp³-hybridized carbons (Fsp3) is 0.409. The van der Waals surface area contributed by atoms with Gasteiger partial charge in [-0.25, -0.2) is 0 Å². The number of nitrogens with zero attached hydrogens (tertiary/aromatic N) is 2. The van der Waals surface area contributed by atoms with Gasteiger partial charge in [-0.1, -0.05) is 66.3 Å². The fourth-order valence-electron chi connectivity index (χ4n) is 4.18. The van der Waals surface area contributed by atoms with Crippen LogP contribution in [0.5, 0.6) is 0 Å². The molecule has 2 aromatic rings. The Hall–Kier alpha value is -1.46. The van der Waals surface area contributed by atoms with Gasteiger partial charge in [-0.05, 0) is 42.8 Å². The van der Waals surface area contributed by atoms with Crippen molar-refractivity contribution in [3.63, 3.8) is 0 Å². The molecule has 2 aromatic carbocycles. The van der Waals surface area contributed by atoms with Crippen molar-refractivity contribution in [3.8, 4) is 0 Å². The van der Waals surface area contributed by atoms with Gasteiger partial charge in [0.15, 0.2) is 0 Å². The molecule has 2 atom stereocenters. The van der Waals surface area contributed by atoms with Crippen LogP contribution in [-0.4, -0.2) is 54.6 Å². The van der Waals surface area contributed by atoms with E-state index >= 15 is 0 Å². The lowest BCUT2D eigenvalue weighted by Crippen LogP contribution is -2.45. The summed E-state index contributed by atoms with van der Waals surface area (Å²) in [5.74, 6) is 0.273. The van der Waals surface area contributed by atoms with Crippen LogP contribution in [0.1, 0.15) is 35.1 Å². The molecule has 1 N–H and O–H groups in total. The Morgan fingerprint density at radius 3 is 2.30 bits per heavy atom. The number of hydrogen-bond acceptors (Lipinski definition) is 3. The second-order valence-electron chi connectivity index (χ2n) is 7.58. The molecular weight excluding hydrogens is 374 g/mol. The summed E-state index contributed by atoms with van der Waals surface area (Å²) in [4.78, 5) is 5.89. The Morgan fingerprint density at radius 1 is 0.963 bits per heavy atom. The molecule has 2 aliphatic heterocycles. The predicted octanol–water partition coefficient (Wildman–Crippen LogP) is 4.08. The van der Waals surface area contributed by atoms with E-state index in [4.69, 9.17) is 23.8 Å². The minimum absolute atomic E-state index is 0.0299. The van der Waals surface area contributed by atoms with Gasteiger partial charge in [0, 0.05) is 37.1 Å². The largest absolute Gasteiger partial charge is 0.368 e. The molecule has 0 radical (unpaired) electrons. The summed E-state index contributed by atoms with van der Waals surface area (Å²) < 4.78 is 0. The molecule has 0 aliphatic carbocycles. The zero-order chi connectivity index (χ0) is 18.8. The lowest BCUT2D eigenvalue weighted by molar-refractivity contribution is 0.152. The van der Waals surface area contributed by atoms with Crippen molar-refractivity contribution in [2.45, 2.75) is 18.4 Å². The van der Waals surface area contributed by atoms with Gasteiger partial charge >= 0.3 is 0 Å². The maximum atomic E-state index is 6.49. The lowest BCUT2D eigenvalue weighted by atomic mass is 9.82. The first kappa shape index (κ1) is 18.9. The highest BCUT2D eigenvalue weighted by Crippen LogP contribution is 2.38. The van der Waals surface area contributed by atoms with E-state index in [9.17, 15) is 0 Å². The van der Waals surface area contributed by atoms with Crippen molar-refractivity contribution in [2.75, 3.05) is 39.8 Å². The van der Waals surface area contributed by atoms with Crippen LogP contribution in [0, 0.1) is 0 Å². The van der Waals surface area contributed by atoms with Crippen molar-refractivity contribution in [1.29, 1.82) is 0 Å². The van der Waals surface area contributed by atoms with Crippen molar-refractivity contribution in [3.05, 3.63) is 70.2 Å². The first-order valence-electron chi connectivity index (χ1n) is 9.68. The molecule has 4 rings (SSSR count). The lowest BCUT2D eigenvalue weighted by Gasteiger charge is -2.37. The maximum Gasteiger partial charge on any atom is 0.0837 e. The van der Waals surface area contributed by atoms with Crippen molar-refractivity contribution < 1.29 is 0 Å². The van der Waals surface area contributed by atoms with Gasteiger partial charge in [0.2, 0.25) is 0 Å². The Kier molecular flexibility index (Phi) is 5.79. The van der Waals surface area contributed by atoms with E-state index in [-0.39, 0.29) is 12.0 Å². The second-order valence-corrected chi connectivity index (χ2v) is 8.43. The third-order valence-electron chi connectivity index (χ3n) is 5.83.